The third kappa shape index (κ3) is 4.20. The Labute approximate surface area is 107 Å². The smallest absolute Gasteiger partial charge is 0.338 e. The van der Waals surface area contributed by atoms with Crippen LogP contribution in [-0.2, 0) is 9.53 Å². The second-order valence-electron chi connectivity index (χ2n) is 4.24. The normalized spacial score (nSPS) is 9.94. The van der Waals surface area contributed by atoms with Crippen LogP contribution in [0, 0.1) is 13.8 Å². The van der Waals surface area contributed by atoms with Gasteiger partial charge in [0.15, 0.2) is 6.61 Å². The van der Waals surface area contributed by atoms with Crippen LogP contribution >= 0.6 is 0 Å². The fourth-order valence-corrected chi connectivity index (χ4v) is 1.48. The average molecular weight is 249 g/mol. The van der Waals surface area contributed by atoms with Crippen molar-refractivity contribution in [1.82, 2.24) is 5.32 Å². The molecule has 0 unspecified atom stereocenters. The zero-order chi connectivity index (χ0) is 13.5. The van der Waals surface area contributed by atoms with Crippen molar-refractivity contribution in [1.29, 1.82) is 0 Å². The van der Waals surface area contributed by atoms with Crippen LogP contribution in [0.25, 0.3) is 0 Å². The molecule has 0 saturated carbocycles. The van der Waals surface area contributed by atoms with E-state index < -0.39 is 5.97 Å². The van der Waals surface area contributed by atoms with Gasteiger partial charge in [0, 0.05) is 6.54 Å². The first-order valence-corrected chi connectivity index (χ1v) is 6.05. The summed E-state index contributed by atoms with van der Waals surface area (Å²) >= 11 is 0. The molecule has 0 bridgehead atoms. The van der Waals surface area contributed by atoms with Gasteiger partial charge in [0.2, 0.25) is 0 Å². The number of aryl methyl sites for hydroxylation is 2. The number of esters is 1. The molecule has 0 aliphatic heterocycles. The predicted octanol–water partition coefficient (Wildman–Crippen LogP) is 1.99. The molecule has 1 N–H and O–H groups in total. The number of hydrogen-bond acceptors (Lipinski definition) is 3. The van der Waals surface area contributed by atoms with Gasteiger partial charge in [-0.2, -0.15) is 0 Å². The van der Waals surface area contributed by atoms with E-state index in [2.05, 4.69) is 5.32 Å². The Balaban J connectivity index is 2.55. The molecular formula is C14H19NO3. The highest BCUT2D eigenvalue weighted by Gasteiger charge is 2.12. The van der Waals surface area contributed by atoms with Gasteiger partial charge in [-0.3, -0.25) is 4.79 Å². The van der Waals surface area contributed by atoms with Gasteiger partial charge in [0.05, 0.1) is 5.56 Å². The Morgan fingerprint density at radius 1 is 1.28 bits per heavy atom. The Kier molecular flexibility index (Phi) is 5.36. The van der Waals surface area contributed by atoms with Crippen LogP contribution < -0.4 is 5.32 Å². The minimum Gasteiger partial charge on any atom is -0.452 e. The minimum absolute atomic E-state index is 0.230. The third-order valence-electron chi connectivity index (χ3n) is 2.52. The molecule has 0 fully saturated rings. The first kappa shape index (κ1) is 14.2. The third-order valence-corrected chi connectivity index (χ3v) is 2.52. The lowest BCUT2D eigenvalue weighted by molar-refractivity contribution is -0.124. The zero-order valence-electron chi connectivity index (χ0n) is 11.1. The van der Waals surface area contributed by atoms with E-state index in [0.29, 0.717) is 12.1 Å². The zero-order valence-corrected chi connectivity index (χ0v) is 11.1. The molecule has 0 saturated heterocycles. The van der Waals surface area contributed by atoms with Crippen molar-refractivity contribution in [3.05, 3.63) is 34.9 Å². The van der Waals surface area contributed by atoms with Crippen LogP contribution in [0.2, 0.25) is 0 Å². The highest BCUT2D eigenvalue weighted by Crippen LogP contribution is 2.11. The van der Waals surface area contributed by atoms with Crippen LogP contribution in [0.4, 0.5) is 0 Å². The number of nitrogens with one attached hydrogen (secondary N) is 1. The summed E-state index contributed by atoms with van der Waals surface area (Å²) in [6.45, 7) is 6.08. The largest absolute Gasteiger partial charge is 0.452 e. The van der Waals surface area contributed by atoms with Crippen molar-refractivity contribution in [2.24, 2.45) is 0 Å². The molecule has 0 radical (unpaired) electrons. The molecule has 1 amide bonds. The van der Waals surface area contributed by atoms with E-state index >= 15 is 0 Å². The van der Waals surface area contributed by atoms with Crippen LogP contribution in [0.5, 0.6) is 0 Å². The summed E-state index contributed by atoms with van der Waals surface area (Å²) in [6, 6.07) is 5.56. The Morgan fingerprint density at radius 3 is 2.67 bits per heavy atom. The summed E-state index contributed by atoms with van der Waals surface area (Å²) in [5, 5.41) is 2.65. The van der Waals surface area contributed by atoms with E-state index in [-0.39, 0.29) is 12.5 Å². The van der Waals surface area contributed by atoms with Crippen LogP contribution in [0.1, 0.15) is 34.8 Å². The first-order valence-electron chi connectivity index (χ1n) is 6.05. The second-order valence-corrected chi connectivity index (χ2v) is 4.24. The molecule has 4 heteroatoms. The maximum absolute atomic E-state index is 11.8. The molecule has 0 aliphatic rings. The molecule has 0 spiro atoms. The van der Waals surface area contributed by atoms with Gasteiger partial charge in [-0.15, -0.1) is 0 Å². The fourth-order valence-electron chi connectivity index (χ4n) is 1.48. The lowest BCUT2D eigenvalue weighted by Gasteiger charge is -2.08. The van der Waals surface area contributed by atoms with E-state index in [4.69, 9.17) is 4.74 Å². The van der Waals surface area contributed by atoms with Crippen molar-refractivity contribution < 1.29 is 14.3 Å². The quantitative estimate of drug-likeness (QED) is 0.812. The van der Waals surface area contributed by atoms with Crippen LogP contribution in [0.15, 0.2) is 18.2 Å². The summed E-state index contributed by atoms with van der Waals surface area (Å²) < 4.78 is 4.97. The Morgan fingerprint density at radius 2 is 2.00 bits per heavy atom. The Bertz CT molecular complexity index is 441. The molecule has 98 valence electrons. The first-order chi connectivity index (χ1) is 8.54. The second kappa shape index (κ2) is 6.79. The van der Waals surface area contributed by atoms with Gasteiger partial charge in [0.1, 0.15) is 0 Å². The molecule has 1 aromatic rings. The number of rotatable bonds is 5. The molecule has 18 heavy (non-hydrogen) atoms. The number of benzene rings is 1. The van der Waals surface area contributed by atoms with E-state index in [0.717, 1.165) is 17.5 Å². The van der Waals surface area contributed by atoms with E-state index in [9.17, 15) is 9.59 Å². The highest BCUT2D eigenvalue weighted by atomic mass is 16.5. The molecule has 1 aromatic carbocycles. The van der Waals surface area contributed by atoms with Crippen molar-refractivity contribution in [2.45, 2.75) is 27.2 Å². The summed E-state index contributed by atoms with van der Waals surface area (Å²) in [5.41, 5.74) is 2.35. The fraction of sp³-hybridized carbons (Fsp3) is 0.429. The van der Waals surface area contributed by atoms with Crippen molar-refractivity contribution in [3.8, 4) is 0 Å². The number of carbonyl (C=O) groups is 2. The number of carbonyl (C=O) groups excluding carboxylic acids is 2. The number of hydrogen-bond donors (Lipinski definition) is 1. The summed E-state index contributed by atoms with van der Waals surface area (Å²) in [6.07, 6.45) is 0.858. The van der Waals surface area contributed by atoms with Gasteiger partial charge in [0.25, 0.3) is 5.91 Å². The van der Waals surface area contributed by atoms with E-state index in [1.165, 1.54) is 0 Å². The minimum atomic E-state index is -0.456. The number of ether oxygens (including phenoxy) is 1. The van der Waals surface area contributed by atoms with E-state index in [1.54, 1.807) is 6.07 Å². The monoisotopic (exact) mass is 249 g/mol. The molecule has 0 atom stereocenters. The standard InChI is InChI=1S/C14H19NO3/c1-4-7-15-13(16)9-18-14(17)12-8-10(2)5-6-11(12)3/h5-6,8H,4,7,9H2,1-3H3,(H,15,16). The molecule has 4 nitrogen and oxygen atoms in total. The average Bonchev–Trinajstić information content (AvgIpc) is 2.36. The van der Waals surface area contributed by atoms with Gasteiger partial charge in [-0.05, 0) is 31.9 Å². The molecular weight excluding hydrogens is 230 g/mol. The van der Waals surface area contributed by atoms with Gasteiger partial charge < -0.3 is 10.1 Å². The lowest BCUT2D eigenvalue weighted by atomic mass is 10.1. The van der Waals surface area contributed by atoms with Crippen molar-refractivity contribution in [2.75, 3.05) is 13.2 Å². The van der Waals surface area contributed by atoms with Crippen LogP contribution in [-0.4, -0.2) is 25.0 Å². The van der Waals surface area contributed by atoms with Gasteiger partial charge in [-0.25, -0.2) is 4.79 Å². The highest BCUT2D eigenvalue weighted by molar-refractivity contribution is 5.92. The Hall–Kier alpha value is -1.84. The summed E-state index contributed by atoms with van der Waals surface area (Å²) in [4.78, 5) is 23.1. The van der Waals surface area contributed by atoms with E-state index in [1.807, 2.05) is 32.9 Å². The SMILES string of the molecule is CCCNC(=O)COC(=O)c1cc(C)ccc1C. The van der Waals surface area contributed by atoms with Gasteiger partial charge >= 0.3 is 5.97 Å². The lowest BCUT2D eigenvalue weighted by Crippen LogP contribution is -2.29. The molecule has 0 aliphatic carbocycles. The summed E-state index contributed by atoms with van der Waals surface area (Å²) in [5.74, 6) is -0.724. The van der Waals surface area contributed by atoms with Crippen molar-refractivity contribution >= 4 is 11.9 Å². The van der Waals surface area contributed by atoms with Crippen molar-refractivity contribution in [3.63, 3.8) is 0 Å². The van der Waals surface area contributed by atoms with Crippen LogP contribution in [0.3, 0.4) is 0 Å². The summed E-state index contributed by atoms with van der Waals surface area (Å²) in [7, 11) is 0. The molecule has 0 heterocycles. The maximum atomic E-state index is 11.8. The topological polar surface area (TPSA) is 55.4 Å². The molecule has 1 rings (SSSR count). The predicted molar refractivity (Wildman–Crippen MR) is 69.5 cm³/mol. The van der Waals surface area contributed by atoms with Gasteiger partial charge in [-0.1, -0.05) is 24.6 Å². The maximum Gasteiger partial charge on any atom is 0.338 e. The number of amides is 1. The molecule has 0 aromatic heterocycles.